The summed E-state index contributed by atoms with van der Waals surface area (Å²) in [6, 6.07) is 8.77. The molecule has 0 aliphatic rings. The monoisotopic (exact) mass is 366 g/mol. The predicted molar refractivity (Wildman–Crippen MR) is 95.1 cm³/mol. The molecule has 1 aromatic carbocycles. The largest absolute Gasteiger partial charge is 0.378 e. The third kappa shape index (κ3) is 4.78. The standard InChI is InChI=1S/C17H22N2O3S2/c1-17(2,3)16-18-12(11-22-4)10-15(19-16)23-13-8-6-7-9-14(13)24(5,20)21/h6-10H,11H2,1-5H3. The number of nitrogens with zero attached hydrogens (tertiary/aromatic N) is 2. The van der Waals surface area contributed by atoms with Crippen LogP contribution in [0, 0.1) is 0 Å². The van der Waals surface area contributed by atoms with Gasteiger partial charge >= 0.3 is 0 Å². The van der Waals surface area contributed by atoms with Gasteiger partial charge in [0.2, 0.25) is 0 Å². The van der Waals surface area contributed by atoms with E-state index >= 15 is 0 Å². The van der Waals surface area contributed by atoms with Crippen molar-refractivity contribution in [3.63, 3.8) is 0 Å². The average Bonchev–Trinajstić information content (AvgIpc) is 2.46. The third-order valence-electron chi connectivity index (χ3n) is 3.18. The number of sulfone groups is 1. The summed E-state index contributed by atoms with van der Waals surface area (Å²) in [6.07, 6.45) is 1.21. The fourth-order valence-corrected chi connectivity index (χ4v) is 4.24. The summed E-state index contributed by atoms with van der Waals surface area (Å²) in [5.41, 5.74) is 0.562. The first kappa shape index (κ1) is 18.9. The van der Waals surface area contributed by atoms with Gasteiger partial charge in [0.05, 0.1) is 17.2 Å². The Morgan fingerprint density at radius 1 is 1.17 bits per heavy atom. The Balaban J connectivity index is 2.49. The van der Waals surface area contributed by atoms with Crippen molar-refractivity contribution >= 4 is 21.6 Å². The van der Waals surface area contributed by atoms with Crippen molar-refractivity contribution in [2.45, 2.75) is 47.6 Å². The highest BCUT2D eigenvalue weighted by atomic mass is 32.2. The predicted octanol–water partition coefficient (Wildman–Crippen LogP) is 3.48. The molecule has 2 aromatic rings. The van der Waals surface area contributed by atoms with Crippen molar-refractivity contribution in [3.05, 3.63) is 41.9 Å². The summed E-state index contributed by atoms with van der Waals surface area (Å²) < 4.78 is 29.1. The van der Waals surface area contributed by atoms with Gasteiger partial charge < -0.3 is 4.74 Å². The molecular formula is C17H22N2O3S2. The van der Waals surface area contributed by atoms with Gasteiger partial charge in [-0.3, -0.25) is 0 Å². The number of hydrogen-bond acceptors (Lipinski definition) is 6. The van der Waals surface area contributed by atoms with Gasteiger partial charge in [0.15, 0.2) is 9.84 Å². The molecule has 0 fully saturated rings. The van der Waals surface area contributed by atoms with E-state index in [1.807, 2.05) is 32.9 Å². The molecule has 0 saturated heterocycles. The fraction of sp³-hybridized carbons (Fsp3) is 0.412. The first-order chi connectivity index (χ1) is 11.1. The second-order valence-corrected chi connectivity index (χ2v) is 9.57. The minimum atomic E-state index is -3.30. The van der Waals surface area contributed by atoms with E-state index in [4.69, 9.17) is 4.74 Å². The van der Waals surface area contributed by atoms with Gasteiger partial charge in [-0.2, -0.15) is 0 Å². The molecular weight excluding hydrogens is 344 g/mol. The Morgan fingerprint density at radius 3 is 2.42 bits per heavy atom. The Morgan fingerprint density at radius 2 is 1.83 bits per heavy atom. The van der Waals surface area contributed by atoms with E-state index in [0.29, 0.717) is 27.2 Å². The van der Waals surface area contributed by atoms with Gasteiger partial charge in [-0.15, -0.1) is 0 Å². The Labute approximate surface area is 147 Å². The maximum Gasteiger partial charge on any atom is 0.176 e. The minimum Gasteiger partial charge on any atom is -0.378 e. The molecule has 0 amide bonds. The Kier molecular flexibility index (Phi) is 5.67. The van der Waals surface area contributed by atoms with Gasteiger partial charge in [0.25, 0.3) is 0 Å². The molecule has 0 aliphatic heterocycles. The average molecular weight is 367 g/mol. The molecule has 0 bridgehead atoms. The molecule has 0 aliphatic carbocycles. The van der Waals surface area contributed by atoms with Gasteiger partial charge in [-0.25, -0.2) is 18.4 Å². The number of ether oxygens (including phenoxy) is 1. The molecule has 0 saturated carbocycles. The van der Waals surface area contributed by atoms with E-state index in [9.17, 15) is 8.42 Å². The van der Waals surface area contributed by atoms with E-state index in [-0.39, 0.29) is 5.41 Å². The maximum atomic E-state index is 12.0. The zero-order chi connectivity index (χ0) is 18.0. The topological polar surface area (TPSA) is 69.2 Å². The molecule has 24 heavy (non-hydrogen) atoms. The molecule has 0 radical (unpaired) electrons. The summed E-state index contributed by atoms with van der Waals surface area (Å²) in [6.45, 7) is 6.50. The number of benzene rings is 1. The lowest BCUT2D eigenvalue weighted by Crippen LogP contribution is -2.17. The first-order valence-electron chi connectivity index (χ1n) is 7.45. The van der Waals surface area contributed by atoms with Crippen molar-refractivity contribution in [3.8, 4) is 0 Å². The van der Waals surface area contributed by atoms with E-state index < -0.39 is 9.84 Å². The summed E-state index contributed by atoms with van der Waals surface area (Å²) in [5, 5.41) is 0.707. The number of rotatable bonds is 5. The zero-order valence-electron chi connectivity index (χ0n) is 14.5. The lowest BCUT2D eigenvalue weighted by Gasteiger charge is -2.18. The van der Waals surface area contributed by atoms with Gasteiger partial charge in [-0.05, 0) is 18.2 Å². The first-order valence-corrected chi connectivity index (χ1v) is 10.2. The summed E-state index contributed by atoms with van der Waals surface area (Å²) in [5.74, 6) is 0.705. The lowest BCUT2D eigenvalue weighted by atomic mass is 9.96. The summed E-state index contributed by atoms with van der Waals surface area (Å²) in [7, 11) is -1.69. The van der Waals surface area contributed by atoms with Crippen LogP contribution in [0.1, 0.15) is 32.3 Å². The highest BCUT2D eigenvalue weighted by Crippen LogP contribution is 2.33. The van der Waals surface area contributed by atoms with Gasteiger partial charge in [0, 0.05) is 23.7 Å². The van der Waals surface area contributed by atoms with Crippen LogP contribution in [0.5, 0.6) is 0 Å². The molecule has 0 atom stereocenters. The molecule has 2 rings (SSSR count). The van der Waals surface area contributed by atoms with Crippen molar-refractivity contribution in [1.82, 2.24) is 9.97 Å². The van der Waals surface area contributed by atoms with Crippen molar-refractivity contribution < 1.29 is 13.2 Å². The van der Waals surface area contributed by atoms with Crippen LogP contribution in [0.2, 0.25) is 0 Å². The summed E-state index contributed by atoms with van der Waals surface area (Å²) in [4.78, 5) is 10.1. The van der Waals surface area contributed by atoms with Crippen LogP contribution in [0.25, 0.3) is 0 Å². The second kappa shape index (κ2) is 7.21. The molecule has 0 spiro atoms. The molecule has 0 N–H and O–H groups in total. The number of aromatic nitrogens is 2. The smallest absolute Gasteiger partial charge is 0.176 e. The van der Waals surface area contributed by atoms with Crippen LogP contribution >= 0.6 is 11.8 Å². The molecule has 7 heteroatoms. The molecule has 130 valence electrons. The Hall–Kier alpha value is -1.44. The van der Waals surface area contributed by atoms with E-state index in [2.05, 4.69) is 9.97 Å². The molecule has 1 heterocycles. The maximum absolute atomic E-state index is 12.0. The molecule has 0 unspecified atom stereocenters. The minimum absolute atomic E-state index is 0.213. The summed E-state index contributed by atoms with van der Waals surface area (Å²) >= 11 is 1.33. The van der Waals surface area contributed by atoms with Gasteiger partial charge in [0.1, 0.15) is 10.9 Å². The molecule has 1 aromatic heterocycles. The van der Waals surface area contributed by atoms with Crippen molar-refractivity contribution in [2.24, 2.45) is 0 Å². The normalized spacial score (nSPS) is 12.4. The van der Waals surface area contributed by atoms with Gasteiger partial charge in [-0.1, -0.05) is 44.7 Å². The molecule has 5 nitrogen and oxygen atoms in total. The van der Waals surface area contributed by atoms with Crippen LogP contribution < -0.4 is 0 Å². The lowest BCUT2D eigenvalue weighted by molar-refractivity contribution is 0.180. The van der Waals surface area contributed by atoms with E-state index in [1.165, 1.54) is 18.0 Å². The van der Waals surface area contributed by atoms with Crippen molar-refractivity contribution in [1.29, 1.82) is 0 Å². The van der Waals surface area contributed by atoms with E-state index in [0.717, 1.165) is 5.69 Å². The highest BCUT2D eigenvalue weighted by Gasteiger charge is 2.20. The highest BCUT2D eigenvalue weighted by molar-refractivity contribution is 8.00. The van der Waals surface area contributed by atoms with E-state index in [1.54, 1.807) is 25.3 Å². The van der Waals surface area contributed by atoms with Crippen LogP contribution in [-0.4, -0.2) is 31.8 Å². The van der Waals surface area contributed by atoms with Crippen LogP contribution in [0.3, 0.4) is 0 Å². The Bertz CT molecular complexity index is 828. The zero-order valence-corrected chi connectivity index (χ0v) is 16.2. The van der Waals surface area contributed by atoms with Crippen LogP contribution in [0.4, 0.5) is 0 Å². The quantitative estimate of drug-likeness (QED) is 0.755. The van der Waals surface area contributed by atoms with Crippen molar-refractivity contribution in [2.75, 3.05) is 13.4 Å². The van der Waals surface area contributed by atoms with Crippen LogP contribution in [-0.2, 0) is 26.6 Å². The van der Waals surface area contributed by atoms with Crippen LogP contribution in [0.15, 0.2) is 45.1 Å². The number of hydrogen-bond donors (Lipinski definition) is 0. The third-order valence-corrected chi connectivity index (χ3v) is 5.46. The fourth-order valence-electron chi connectivity index (χ4n) is 2.04. The second-order valence-electron chi connectivity index (χ2n) is 6.53. The number of methoxy groups -OCH3 is 1. The SMILES string of the molecule is COCc1cc(Sc2ccccc2S(C)(=O)=O)nc(C(C)(C)C)n1.